The molecule has 4 rings (SSSR count). The van der Waals surface area contributed by atoms with E-state index in [1.807, 2.05) is 13.8 Å². The summed E-state index contributed by atoms with van der Waals surface area (Å²) in [6.07, 6.45) is 2.74. The predicted octanol–water partition coefficient (Wildman–Crippen LogP) is 2.96. The van der Waals surface area contributed by atoms with Gasteiger partial charge in [-0.1, -0.05) is 16.7 Å². The van der Waals surface area contributed by atoms with Crippen molar-refractivity contribution in [1.29, 1.82) is 0 Å². The zero-order valence-corrected chi connectivity index (χ0v) is 18.5. The first-order chi connectivity index (χ1) is 14.8. The second-order valence-corrected chi connectivity index (χ2v) is 9.73. The molecule has 1 N–H and O–H groups in total. The predicted molar refractivity (Wildman–Crippen MR) is 113 cm³/mol. The molecule has 0 aliphatic carbocycles. The Morgan fingerprint density at radius 1 is 1.23 bits per heavy atom. The van der Waals surface area contributed by atoms with E-state index in [-0.39, 0.29) is 29.4 Å². The molecular weight excluding hydrogens is 444 g/mol. The highest BCUT2D eigenvalue weighted by Gasteiger charge is 2.40. The Kier molecular flexibility index (Phi) is 5.82. The Bertz CT molecular complexity index is 1190. The van der Waals surface area contributed by atoms with Crippen molar-refractivity contribution in [3.63, 3.8) is 0 Å². The van der Waals surface area contributed by atoms with Crippen LogP contribution in [0.4, 0.5) is 6.01 Å². The van der Waals surface area contributed by atoms with Crippen molar-refractivity contribution < 1.29 is 17.6 Å². The van der Waals surface area contributed by atoms with Crippen molar-refractivity contribution in [3.05, 3.63) is 41.6 Å². The maximum Gasteiger partial charge on any atom is 0.322 e. The van der Waals surface area contributed by atoms with E-state index < -0.39 is 22.0 Å². The molecule has 1 amide bonds. The SMILES string of the molecule is CC(C)n1ccc(-c2nnc(NC(=O)C3CCCN3S(=O)(=O)c3ccc(Cl)cc3)o2)n1. The van der Waals surface area contributed by atoms with Crippen molar-refractivity contribution in [3.8, 4) is 11.6 Å². The Balaban J connectivity index is 1.49. The topological polar surface area (TPSA) is 123 Å². The third-order valence-electron chi connectivity index (χ3n) is 4.94. The quantitative estimate of drug-likeness (QED) is 0.594. The van der Waals surface area contributed by atoms with E-state index in [1.54, 1.807) is 16.9 Å². The van der Waals surface area contributed by atoms with Crippen molar-refractivity contribution in [2.45, 2.75) is 43.7 Å². The summed E-state index contributed by atoms with van der Waals surface area (Å²) in [6.45, 7) is 4.22. The van der Waals surface area contributed by atoms with Gasteiger partial charge in [0.2, 0.25) is 15.9 Å². The van der Waals surface area contributed by atoms with E-state index >= 15 is 0 Å². The minimum atomic E-state index is -3.85. The van der Waals surface area contributed by atoms with Crippen LogP contribution in [0.5, 0.6) is 0 Å². The molecule has 1 unspecified atom stereocenters. The summed E-state index contributed by atoms with van der Waals surface area (Å²) >= 11 is 5.85. The average Bonchev–Trinajstić information content (AvgIpc) is 3.48. The normalized spacial score (nSPS) is 17.4. The molecule has 1 aliphatic rings. The minimum absolute atomic E-state index is 0.0809. The molecule has 1 atom stereocenters. The number of nitrogens with zero attached hydrogens (tertiary/aromatic N) is 5. The number of halogens is 1. The molecule has 10 nitrogen and oxygen atoms in total. The van der Waals surface area contributed by atoms with E-state index in [9.17, 15) is 13.2 Å². The number of carbonyl (C=O) groups is 1. The van der Waals surface area contributed by atoms with Gasteiger partial charge in [0.15, 0.2) is 0 Å². The van der Waals surface area contributed by atoms with Crippen LogP contribution in [-0.2, 0) is 14.8 Å². The fourth-order valence-electron chi connectivity index (χ4n) is 3.34. The maximum absolute atomic E-state index is 13.0. The summed E-state index contributed by atoms with van der Waals surface area (Å²) in [5, 5.41) is 15.0. The van der Waals surface area contributed by atoms with Crippen LogP contribution in [-0.4, -0.2) is 51.2 Å². The molecule has 31 heavy (non-hydrogen) atoms. The van der Waals surface area contributed by atoms with Gasteiger partial charge in [0.25, 0.3) is 5.89 Å². The second-order valence-electron chi connectivity index (χ2n) is 7.40. The lowest BCUT2D eigenvalue weighted by Gasteiger charge is -2.22. The maximum atomic E-state index is 13.0. The lowest BCUT2D eigenvalue weighted by molar-refractivity contribution is -0.119. The largest absolute Gasteiger partial charge is 0.401 e. The number of rotatable bonds is 6. The molecule has 1 saturated heterocycles. The molecule has 0 spiro atoms. The van der Waals surface area contributed by atoms with E-state index in [0.29, 0.717) is 23.6 Å². The number of anilines is 1. The van der Waals surface area contributed by atoms with E-state index in [2.05, 4.69) is 20.6 Å². The lowest BCUT2D eigenvalue weighted by Crippen LogP contribution is -2.43. The number of benzene rings is 1. The van der Waals surface area contributed by atoms with Gasteiger partial charge in [0, 0.05) is 23.8 Å². The van der Waals surface area contributed by atoms with Gasteiger partial charge in [0.05, 0.1) is 4.90 Å². The third-order valence-corrected chi connectivity index (χ3v) is 7.11. The molecular formula is C19H21ClN6O4S. The second kappa shape index (κ2) is 8.40. The molecule has 1 aliphatic heterocycles. The number of nitrogens with one attached hydrogen (secondary N) is 1. The lowest BCUT2D eigenvalue weighted by atomic mass is 10.2. The first kappa shape index (κ1) is 21.5. The molecule has 2 aromatic heterocycles. The summed E-state index contributed by atoms with van der Waals surface area (Å²) in [6, 6.07) is 6.76. The highest BCUT2D eigenvalue weighted by atomic mass is 35.5. The van der Waals surface area contributed by atoms with Crippen LogP contribution in [0.3, 0.4) is 0 Å². The van der Waals surface area contributed by atoms with Gasteiger partial charge >= 0.3 is 6.01 Å². The van der Waals surface area contributed by atoms with Crippen LogP contribution in [0.1, 0.15) is 32.7 Å². The molecule has 1 fully saturated rings. The fourth-order valence-corrected chi connectivity index (χ4v) is 5.12. The number of carbonyl (C=O) groups excluding carboxylic acids is 1. The number of sulfonamides is 1. The van der Waals surface area contributed by atoms with Gasteiger partial charge in [-0.15, -0.1) is 5.10 Å². The van der Waals surface area contributed by atoms with Crippen molar-refractivity contribution in [2.75, 3.05) is 11.9 Å². The fraction of sp³-hybridized carbons (Fsp3) is 0.368. The summed E-state index contributed by atoms with van der Waals surface area (Å²) in [4.78, 5) is 12.9. The minimum Gasteiger partial charge on any atom is -0.401 e. The first-order valence-electron chi connectivity index (χ1n) is 9.73. The molecule has 3 heterocycles. The summed E-state index contributed by atoms with van der Waals surface area (Å²) in [5.74, 6) is -0.371. The Morgan fingerprint density at radius 2 is 1.97 bits per heavy atom. The van der Waals surface area contributed by atoms with E-state index in [4.69, 9.17) is 16.0 Å². The third kappa shape index (κ3) is 4.34. The van der Waals surface area contributed by atoms with Crippen LogP contribution in [0.25, 0.3) is 11.6 Å². The summed E-state index contributed by atoms with van der Waals surface area (Å²) in [5.41, 5.74) is 0.481. The molecule has 0 bridgehead atoms. The molecule has 164 valence electrons. The highest BCUT2D eigenvalue weighted by molar-refractivity contribution is 7.89. The Labute approximate surface area is 184 Å². The standard InChI is InChI=1S/C19H21ClN6O4S/c1-12(2)25-11-9-15(24-25)18-22-23-19(30-18)21-17(27)16-4-3-10-26(16)31(28,29)14-7-5-13(20)6-8-14/h5-9,11-12,16H,3-4,10H2,1-2H3,(H,21,23,27). The van der Waals surface area contributed by atoms with Crippen LogP contribution in [0.2, 0.25) is 5.02 Å². The average molecular weight is 465 g/mol. The number of hydrogen-bond donors (Lipinski definition) is 1. The number of amides is 1. The van der Waals surface area contributed by atoms with Gasteiger partial charge in [-0.3, -0.25) is 14.8 Å². The monoisotopic (exact) mass is 464 g/mol. The molecule has 0 saturated carbocycles. The number of hydrogen-bond acceptors (Lipinski definition) is 7. The smallest absolute Gasteiger partial charge is 0.322 e. The van der Waals surface area contributed by atoms with Crippen molar-refractivity contribution in [1.82, 2.24) is 24.3 Å². The Hall–Kier alpha value is -2.76. The molecule has 1 aromatic carbocycles. The van der Waals surface area contributed by atoms with Crippen LogP contribution in [0.15, 0.2) is 45.8 Å². The molecule has 12 heteroatoms. The van der Waals surface area contributed by atoms with E-state index in [0.717, 1.165) is 0 Å². The first-order valence-corrected chi connectivity index (χ1v) is 11.5. The van der Waals surface area contributed by atoms with E-state index in [1.165, 1.54) is 28.6 Å². The van der Waals surface area contributed by atoms with Crippen molar-refractivity contribution >= 4 is 33.5 Å². The van der Waals surface area contributed by atoms with Gasteiger partial charge < -0.3 is 4.42 Å². The van der Waals surface area contributed by atoms with Crippen molar-refractivity contribution in [2.24, 2.45) is 0 Å². The Morgan fingerprint density at radius 3 is 2.65 bits per heavy atom. The van der Waals surface area contributed by atoms with Gasteiger partial charge in [-0.05, 0) is 57.0 Å². The van der Waals surface area contributed by atoms with Crippen LogP contribution < -0.4 is 5.32 Å². The van der Waals surface area contributed by atoms with Crippen LogP contribution in [0, 0.1) is 0 Å². The van der Waals surface area contributed by atoms with Gasteiger partial charge in [0.1, 0.15) is 11.7 Å². The molecule has 3 aromatic rings. The zero-order valence-electron chi connectivity index (χ0n) is 16.9. The van der Waals surface area contributed by atoms with Gasteiger partial charge in [-0.2, -0.15) is 9.40 Å². The molecule has 0 radical (unpaired) electrons. The van der Waals surface area contributed by atoms with Crippen LogP contribution >= 0.6 is 11.6 Å². The zero-order chi connectivity index (χ0) is 22.2. The summed E-state index contributed by atoms with van der Waals surface area (Å²) < 4.78 is 34.4. The van der Waals surface area contributed by atoms with Gasteiger partial charge in [-0.25, -0.2) is 8.42 Å². The summed E-state index contributed by atoms with van der Waals surface area (Å²) in [7, 11) is -3.85. The number of aromatic nitrogens is 4. The highest BCUT2D eigenvalue weighted by Crippen LogP contribution is 2.28.